The monoisotopic (exact) mass is 301 g/mol. The second-order valence-electron chi connectivity index (χ2n) is 5.96. The van der Waals surface area contributed by atoms with Crippen LogP contribution in [0.5, 0.6) is 0 Å². The second-order valence-corrected chi connectivity index (χ2v) is 6.91. The van der Waals surface area contributed by atoms with Crippen LogP contribution >= 0.6 is 11.3 Å². The van der Waals surface area contributed by atoms with Gasteiger partial charge in [-0.3, -0.25) is 0 Å². The van der Waals surface area contributed by atoms with Gasteiger partial charge in [-0.25, -0.2) is 0 Å². The maximum absolute atomic E-state index is 6.49. The molecular weight excluding hydrogens is 278 g/mol. The lowest BCUT2D eigenvalue weighted by atomic mass is 9.89. The van der Waals surface area contributed by atoms with Crippen molar-refractivity contribution >= 4 is 11.3 Å². The van der Waals surface area contributed by atoms with E-state index in [2.05, 4.69) is 42.6 Å². The number of hydrogen-bond acceptors (Lipinski definition) is 3. The summed E-state index contributed by atoms with van der Waals surface area (Å²) in [6, 6.07) is 10.8. The fraction of sp³-hybridized carbons (Fsp3) is 0.444. The molecule has 1 aromatic carbocycles. The fourth-order valence-corrected chi connectivity index (χ4v) is 4.21. The van der Waals surface area contributed by atoms with Crippen molar-refractivity contribution in [2.24, 2.45) is 5.73 Å². The molecule has 0 saturated heterocycles. The largest absolute Gasteiger partial charge is 0.363 e. The molecule has 3 rings (SSSR count). The van der Waals surface area contributed by atoms with E-state index in [4.69, 9.17) is 10.5 Å². The number of fused-ring (bicyclic) bond motifs is 1. The number of rotatable bonds is 4. The Balaban J connectivity index is 1.86. The highest BCUT2D eigenvalue weighted by Gasteiger charge is 2.27. The van der Waals surface area contributed by atoms with E-state index in [1.165, 1.54) is 28.0 Å². The summed E-state index contributed by atoms with van der Waals surface area (Å²) in [6.45, 7) is 4.18. The van der Waals surface area contributed by atoms with Crippen LogP contribution in [-0.4, -0.2) is 6.04 Å². The second kappa shape index (κ2) is 6.30. The van der Waals surface area contributed by atoms with E-state index in [0.717, 1.165) is 12.8 Å². The average Bonchev–Trinajstić information content (AvgIpc) is 2.90. The first kappa shape index (κ1) is 14.8. The lowest BCUT2D eigenvalue weighted by Gasteiger charge is -2.31. The van der Waals surface area contributed by atoms with Gasteiger partial charge in [-0.2, -0.15) is 0 Å². The summed E-state index contributed by atoms with van der Waals surface area (Å²) in [5.74, 6) is 0. The number of nitrogens with two attached hydrogens (primary N) is 1. The Hall–Kier alpha value is -1.16. The maximum atomic E-state index is 6.49. The molecule has 0 saturated carbocycles. The van der Waals surface area contributed by atoms with Crippen LogP contribution in [0.15, 0.2) is 35.7 Å². The van der Waals surface area contributed by atoms with E-state index in [-0.39, 0.29) is 18.2 Å². The summed E-state index contributed by atoms with van der Waals surface area (Å²) >= 11 is 1.75. The molecular formula is C18H23NOS. The number of aryl methyl sites for hydroxylation is 2. The van der Waals surface area contributed by atoms with E-state index in [1.807, 2.05) is 6.92 Å². The zero-order chi connectivity index (χ0) is 14.8. The lowest BCUT2D eigenvalue weighted by molar-refractivity contribution is -0.0324. The van der Waals surface area contributed by atoms with Gasteiger partial charge in [-0.1, -0.05) is 24.3 Å². The molecule has 2 nitrogen and oxygen atoms in total. The highest BCUT2D eigenvalue weighted by atomic mass is 32.1. The molecule has 0 aliphatic heterocycles. The molecule has 3 heteroatoms. The van der Waals surface area contributed by atoms with Gasteiger partial charge in [-0.05, 0) is 61.2 Å². The third-order valence-corrected chi connectivity index (χ3v) is 5.34. The number of ether oxygens (including phenoxy) is 1. The summed E-state index contributed by atoms with van der Waals surface area (Å²) in [7, 11) is 0. The van der Waals surface area contributed by atoms with Gasteiger partial charge in [-0.15, -0.1) is 11.3 Å². The van der Waals surface area contributed by atoms with Gasteiger partial charge >= 0.3 is 0 Å². The zero-order valence-corrected chi connectivity index (χ0v) is 13.5. The summed E-state index contributed by atoms with van der Waals surface area (Å²) < 4.78 is 6.49. The van der Waals surface area contributed by atoms with Gasteiger partial charge in [0.2, 0.25) is 0 Å². The predicted molar refractivity (Wildman–Crippen MR) is 88.7 cm³/mol. The van der Waals surface area contributed by atoms with Gasteiger partial charge in [0.25, 0.3) is 0 Å². The molecule has 112 valence electrons. The lowest BCUT2D eigenvalue weighted by Crippen LogP contribution is -2.29. The quantitative estimate of drug-likeness (QED) is 0.900. The van der Waals surface area contributed by atoms with Gasteiger partial charge in [0.1, 0.15) is 6.10 Å². The average molecular weight is 301 g/mol. The fourth-order valence-electron chi connectivity index (χ4n) is 3.13. The minimum absolute atomic E-state index is 0.00330. The van der Waals surface area contributed by atoms with Crippen LogP contribution in [-0.2, 0) is 11.2 Å². The van der Waals surface area contributed by atoms with E-state index in [0.29, 0.717) is 0 Å². The van der Waals surface area contributed by atoms with E-state index >= 15 is 0 Å². The number of benzene rings is 1. The third kappa shape index (κ3) is 3.05. The Labute approximate surface area is 130 Å². The van der Waals surface area contributed by atoms with E-state index < -0.39 is 0 Å². The molecule has 0 radical (unpaired) electrons. The minimum Gasteiger partial charge on any atom is -0.363 e. The van der Waals surface area contributed by atoms with Crippen molar-refractivity contribution in [2.45, 2.75) is 51.4 Å². The van der Waals surface area contributed by atoms with Crippen molar-refractivity contribution in [1.82, 2.24) is 0 Å². The molecule has 0 fully saturated rings. The molecule has 2 N–H and O–H groups in total. The van der Waals surface area contributed by atoms with Gasteiger partial charge in [0, 0.05) is 10.9 Å². The maximum Gasteiger partial charge on any atom is 0.107 e. The molecule has 1 aromatic heterocycles. The molecule has 3 unspecified atom stereocenters. The Kier molecular flexibility index (Phi) is 4.43. The molecule has 3 atom stereocenters. The normalized spacial score (nSPS) is 20.8. The van der Waals surface area contributed by atoms with Crippen LogP contribution in [0.1, 0.15) is 53.5 Å². The molecule has 2 aromatic rings. The van der Waals surface area contributed by atoms with Crippen LogP contribution in [0.4, 0.5) is 0 Å². The molecule has 1 heterocycles. The van der Waals surface area contributed by atoms with Gasteiger partial charge in [0.05, 0.1) is 6.10 Å². The highest BCUT2D eigenvalue weighted by molar-refractivity contribution is 7.10. The van der Waals surface area contributed by atoms with Crippen molar-refractivity contribution in [2.75, 3.05) is 0 Å². The SMILES string of the molecule is Cc1ccsc1C(OC1CCCc2ccccc21)C(C)N. The molecule has 1 aliphatic carbocycles. The van der Waals surface area contributed by atoms with Crippen LogP contribution < -0.4 is 5.73 Å². The Morgan fingerprint density at radius 1 is 1.29 bits per heavy atom. The Bertz CT molecular complexity index is 605. The molecule has 21 heavy (non-hydrogen) atoms. The Morgan fingerprint density at radius 2 is 2.10 bits per heavy atom. The molecule has 1 aliphatic rings. The van der Waals surface area contributed by atoms with E-state index in [1.54, 1.807) is 11.3 Å². The Morgan fingerprint density at radius 3 is 2.81 bits per heavy atom. The van der Waals surface area contributed by atoms with Crippen molar-refractivity contribution in [3.8, 4) is 0 Å². The topological polar surface area (TPSA) is 35.2 Å². The smallest absolute Gasteiger partial charge is 0.107 e. The van der Waals surface area contributed by atoms with Crippen molar-refractivity contribution < 1.29 is 4.74 Å². The summed E-state index contributed by atoms with van der Waals surface area (Å²) in [4.78, 5) is 1.27. The van der Waals surface area contributed by atoms with Crippen LogP contribution in [0.2, 0.25) is 0 Å². The summed E-state index contributed by atoms with van der Waals surface area (Å²) in [6.07, 6.45) is 3.60. The highest BCUT2D eigenvalue weighted by Crippen LogP contribution is 2.38. The van der Waals surface area contributed by atoms with Crippen LogP contribution in [0.25, 0.3) is 0 Å². The zero-order valence-electron chi connectivity index (χ0n) is 12.7. The molecule has 0 spiro atoms. The molecule has 0 amide bonds. The minimum atomic E-state index is -0.0128. The first-order valence-corrected chi connectivity index (χ1v) is 8.57. The third-order valence-electron chi connectivity index (χ3n) is 4.26. The predicted octanol–water partition coefficient (Wildman–Crippen LogP) is 4.54. The van der Waals surface area contributed by atoms with Crippen molar-refractivity contribution in [3.05, 3.63) is 57.3 Å². The molecule has 0 bridgehead atoms. The van der Waals surface area contributed by atoms with Crippen molar-refractivity contribution in [3.63, 3.8) is 0 Å². The van der Waals surface area contributed by atoms with Crippen LogP contribution in [0.3, 0.4) is 0 Å². The van der Waals surface area contributed by atoms with E-state index in [9.17, 15) is 0 Å². The van der Waals surface area contributed by atoms with Crippen LogP contribution in [0, 0.1) is 6.92 Å². The van der Waals surface area contributed by atoms with Crippen molar-refractivity contribution in [1.29, 1.82) is 0 Å². The first-order valence-electron chi connectivity index (χ1n) is 7.69. The standard InChI is InChI=1S/C18H23NOS/c1-12-10-11-21-18(12)17(13(2)19)20-16-9-5-7-14-6-3-4-8-15(14)16/h3-4,6,8,10-11,13,16-17H,5,7,9,19H2,1-2H3. The summed E-state index contributed by atoms with van der Waals surface area (Å²) in [5, 5.41) is 2.12. The first-order chi connectivity index (χ1) is 10.2. The number of thiophene rings is 1. The van der Waals surface area contributed by atoms with Gasteiger partial charge in [0.15, 0.2) is 0 Å². The number of hydrogen-bond donors (Lipinski definition) is 1. The van der Waals surface area contributed by atoms with Gasteiger partial charge < -0.3 is 10.5 Å². The summed E-state index contributed by atoms with van der Waals surface area (Å²) in [5.41, 5.74) is 10.3.